The van der Waals surface area contributed by atoms with E-state index in [9.17, 15) is 9.59 Å². The summed E-state index contributed by atoms with van der Waals surface area (Å²) < 4.78 is 6.42. The number of aromatic nitrogens is 3. The van der Waals surface area contributed by atoms with Gasteiger partial charge >= 0.3 is 5.97 Å². The van der Waals surface area contributed by atoms with Crippen LogP contribution in [0, 0.1) is 6.92 Å². The number of benzene rings is 1. The molecule has 0 amide bonds. The molecule has 7 nitrogen and oxygen atoms in total. The second kappa shape index (κ2) is 6.04. The quantitative estimate of drug-likeness (QED) is 0.775. The summed E-state index contributed by atoms with van der Waals surface area (Å²) in [4.78, 5) is 23.1. The minimum Gasteiger partial charge on any atom is -0.481 e. The van der Waals surface area contributed by atoms with Crippen molar-refractivity contribution < 1.29 is 14.4 Å². The number of rotatable bonds is 5. The SMILES string of the molecule is Cc1onc2c(=O)n(CCCC(=O)O)nc(-c3ccccc3)c12. The largest absolute Gasteiger partial charge is 0.481 e. The zero-order valence-corrected chi connectivity index (χ0v) is 12.5. The van der Waals surface area contributed by atoms with Crippen molar-refractivity contribution >= 4 is 16.9 Å². The lowest BCUT2D eigenvalue weighted by atomic mass is 10.1. The van der Waals surface area contributed by atoms with E-state index in [1.54, 1.807) is 6.92 Å². The van der Waals surface area contributed by atoms with Crippen molar-refractivity contribution in [3.05, 3.63) is 46.4 Å². The smallest absolute Gasteiger partial charge is 0.303 e. The van der Waals surface area contributed by atoms with E-state index >= 15 is 0 Å². The molecule has 2 aromatic heterocycles. The monoisotopic (exact) mass is 313 g/mol. The molecule has 0 aliphatic carbocycles. The van der Waals surface area contributed by atoms with Gasteiger partial charge in [0.15, 0.2) is 5.52 Å². The summed E-state index contributed by atoms with van der Waals surface area (Å²) in [7, 11) is 0. The molecule has 0 radical (unpaired) electrons. The van der Waals surface area contributed by atoms with E-state index in [0.29, 0.717) is 23.3 Å². The molecule has 23 heavy (non-hydrogen) atoms. The molecule has 0 saturated heterocycles. The fraction of sp³-hybridized carbons (Fsp3) is 0.250. The molecule has 118 valence electrons. The summed E-state index contributed by atoms with van der Waals surface area (Å²) in [6, 6.07) is 9.43. The second-order valence-electron chi connectivity index (χ2n) is 5.20. The van der Waals surface area contributed by atoms with E-state index in [2.05, 4.69) is 10.3 Å². The van der Waals surface area contributed by atoms with Crippen LogP contribution in [0.2, 0.25) is 0 Å². The van der Waals surface area contributed by atoms with Gasteiger partial charge in [-0.25, -0.2) is 4.68 Å². The van der Waals surface area contributed by atoms with Crippen LogP contribution in [0.15, 0.2) is 39.6 Å². The molecule has 1 aromatic carbocycles. The highest BCUT2D eigenvalue weighted by Crippen LogP contribution is 2.26. The predicted octanol–water partition coefficient (Wildman–Crippen LogP) is 2.22. The first-order valence-electron chi connectivity index (χ1n) is 7.22. The Morgan fingerprint density at radius 1 is 1.30 bits per heavy atom. The maximum Gasteiger partial charge on any atom is 0.303 e. The maximum absolute atomic E-state index is 12.4. The van der Waals surface area contributed by atoms with Crippen LogP contribution >= 0.6 is 0 Å². The van der Waals surface area contributed by atoms with Crippen molar-refractivity contribution in [2.75, 3.05) is 0 Å². The molecule has 0 atom stereocenters. The van der Waals surface area contributed by atoms with E-state index in [1.807, 2.05) is 30.3 Å². The molecule has 0 unspecified atom stereocenters. The van der Waals surface area contributed by atoms with E-state index in [0.717, 1.165) is 5.56 Å². The number of fused-ring (bicyclic) bond motifs is 1. The highest BCUT2D eigenvalue weighted by atomic mass is 16.5. The highest BCUT2D eigenvalue weighted by molar-refractivity contribution is 5.92. The van der Waals surface area contributed by atoms with Gasteiger partial charge in [0.1, 0.15) is 11.5 Å². The van der Waals surface area contributed by atoms with Gasteiger partial charge in [-0.05, 0) is 13.3 Å². The fourth-order valence-corrected chi connectivity index (χ4v) is 2.47. The van der Waals surface area contributed by atoms with Crippen molar-refractivity contribution in [2.24, 2.45) is 0 Å². The number of carboxylic acid groups (broad SMARTS) is 1. The zero-order valence-electron chi connectivity index (χ0n) is 12.5. The maximum atomic E-state index is 12.4. The van der Waals surface area contributed by atoms with Gasteiger partial charge in [0.25, 0.3) is 5.56 Å². The minimum absolute atomic E-state index is 0.0231. The predicted molar refractivity (Wildman–Crippen MR) is 83.1 cm³/mol. The van der Waals surface area contributed by atoms with Crippen LogP contribution in [0.25, 0.3) is 22.2 Å². The lowest BCUT2D eigenvalue weighted by Crippen LogP contribution is -2.24. The Hall–Kier alpha value is -2.96. The van der Waals surface area contributed by atoms with Gasteiger partial charge in [-0.3, -0.25) is 9.59 Å². The van der Waals surface area contributed by atoms with Gasteiger partial charge in [-0.1, -0.05) is 35.5 Å². The summed E-state index contributed by atoms with van der Waals surface area (Å²) >= 11 is 0. The summed E-state index contributed by atoms with van der Waals surface area (Å²) in [6.07, 6.45) is 0.295. The molecule has 3 aromatic rings. The van der Waals surface area contributed by atoms with E-state index < -0.39 is 5.97 Å². The fourth-order valence-electron chi connectivity index (χ4n) is 2.47. The highest BCUT2D eigenvalue weighted by Gasteiger charge is 2.18. The van der Waals surface area contributed by atoms with Gasteiger partial charge in [-0.2, -0.15) is 5.10 Å². The molecule has 3 rings (SSSR count). The van der Waals surface area contributed by atoms with Gasteiger partial charge in [0.05, 0.1) is 5.39 Å². The lowest BCUT2D eigenvalue weighted by molar-refractivity contribution is -0.137. The van der Waals surface area contributed by atoms with Crippen LogP contribution in [-0.4, -0.2) is 26.0 Å². The third-order valence-electron chi connectivity index (χ3n) is 3.57. The number of carboxylic acids is 1. The summed E-state index contributed by atoms with van der Waals surface area (Å²) in [5.74, 6) is -0.374. The van der Waals surface area contributed by atoms with Crippen LogP contribution in [0.3, 0.4) is 0 Å². The Morgan fingerprint density at radius 3 is 2.74 bits per heavy atom. The number of hydrogen-bond acceptors (Lipinski definition) is 5. The molecule has 0 saturated carbocycles. The molecule has 0 aliphatic rings. The van der Waals surface area contributed by atoms with Crippen molar-refractivity contribution in [1.82, 2.24) is 14.9 Å². The Bertz CT molecular complexity index is 912. The van der Waals surface area contributed by atoms with Crippen LogP contribution in [0.4, 0.5) is 0 Å². The number of nitrogens with zero attached hydrogens (tertiary/aromatic N) is 3. The Kier molecular flexibility index (Phi) is 3.92. The van der Waals surface area contributed by atoms with Crippen molar-refractivity contribution in [3.8, 4) is 11.3 Å². The molecular weight excluding hydrogens is 298 g/mol. The number of hydrogen-bond donors (Lipinski definition) is 1. The second-order valence-corrected chi connectivity index (χ2v) is 5.20. The van der Waals surface area contributed by atoms with E-state index in [4.69, 9.17) is 9.63 Å². The van der Waals surface area contributed by atoms with Gasteiger partial charge in [0.2, 0.25) is 0 Å². The zero-order chi connectivity index (χ0) is 16.4. The van der Waals surface area contributed by atoms with Crippen LogP contribution in [0.1, 0.15) is 18.6 Å². The molecule has 2 heterocycles. The van der Waals surface area contributed by atoms with Crippen LogP contribution in [0.5, 0.6) is 0 Å². The Morgan fingerprint density at radius 2 is 2.04 bits per heavy atom. The van der Waals surface area contributed by atoms with Gasteiger partial charge in [-0.15, -0.1) is 0 Å². The summed E-state index contributed by atoms with van der Waals surface area (Å²) in [6.45, 7) is 1.95. The average Bonchev–Trinajstić information content (AvgIpc) is 2.93. The number of aryl methyl sites for hydroxylation is 2. The molecular formula is C16H15N3O4. The van der Waals surface area contributed by atoms with E-state index in [-0.39, 0.29) is 24.0 Å². The molecule has 0 fully saturated rings. The number of aliphatic carboxylic acids is 1. The van der Waals surface area contributed by atoms with Crippen molar-refractivity contribution in [3.63, 3.8) is 0 Å². The molecule has 0 aliphatic heterocycles. The normalized spacial score (nSPS) is 11.0. The van der Waals surface area contributed by atoms with Crippen LogP contribution in [-0.2, 0) is 11.3 Å². The van der Waals surface area contributed by atoms with E-state index in [1.165, 1.54) is 4.68 Å². The van der Waals surface area contributed by atoms with Gasteiger partial charge in [0, 0.05) is 18.5 Å². The van der Waals surface area contributed by atoms with Crippen molar-refractivity contribution in [2.45, 2.75) is 26.3 Å². The third-order valence-corrected chi connectivity index (χ3v) is 3.57. The molecule has 0 bridgehead atoms. The van der Waals surface area contributed by atoms with Crippen LogP contribution < -0.4 is 5.56 Å². The Balaban J connectivity index is 2.14. The lowest BCUT2D eigenvalue weighted by Gasteiger charge is -2.08. The third kappa shape index (κ3) is 2.85. The first kappa shape index (κ1) is 15.0. The van der Waals surface area contributed by atoms with Gasteiger partial charge < -0.3 is 9.63 Å². The topological polar surface area (TPSA) is 98.2 Å². The molecule has 0 spiro atoms. The first-order valence-corrected chi connectivity index (χ1v) is 7.22. The molecule has 7 heteroatoms. The standard InChI is InChI=1S/C16H15N3O4/c1-10-13-14(11-6-3-2-4-7-11)17-19(9-5-8-12(20)21)16(22)15(13)18-23-10/h2-4,6-7H,5,8-9H2,1H3,(H,20,21). The number of carbonyl (C=O) groups is 1. The summed E-state index contributed by atoms with van der Waals surface area (Å²) in [5.41, 5.74) is 1.29. The minimum atomic E-state index is -0.903. The Labute approximate surface area is 131 Å². The summed E-state index contributed by atoms with van der Waals surface area (Å²) in [5, 5.41) is 17.6. The average molecular weight is 313 g/mol. The van der Waals surface area contributed by atoms with Crippen molar-refractivity contribution in [1.29, 1.82) is 0 Å². The first-order chi connectivity index (χ1) is 11.1. The molecule has 1 N–H and O–H groups in total.